The molecule has 1 heterocycles. The number of nitrogens with one attached hydrogen (secondary N) is 3. The molecule has 2 unspecified atom stereocenters. The van der Waals surface area contributed by atoms with Crippen molar-refractivity contribution in [2.75, 3.05) is 40.9 Å². The number of methoxy groups -OCH3 is 2. The Balaban J connectivity index is 1.42. The molecule has 0 aromatic heterocycles. The average Bonchev–Trinajstić information content (AvgIpc) is 3.09. The molecule has 1 fully saturated rings. The molecular formula is C30H40N4O4. The van der Waals surface area contributed by atoms with Crippen LogP contribution >= 0.6 is 0 Å². The van der Waals surface area contributed by atoms with Crippen LogP contribution in [0.5, 0.6) is 11.5 Å². The Morgan fingerprint density at radius 3 is 2.61 bits per heavy atom. The van der Waals surface area contributed by atoms with Crippen molar-refractivity contribution < 1.29 is 19.1 Å². The molecule has 4 rings (SSSR count). The van der Waals surface area contributed by atoms with Crippen molar-refractivity contribution in [2.45, 2.75) is 50.7 Å². The van der Waals surface area contributed by atoms with E-state index in [9.17, 15) is 9.59 Å². The van der Waals surface area contributed by atoms with Crippen molar-refractivity contribution in [3.8, 4) is 11.5 Å². The highest BCUT2D eigenvalue weighted by atomic mass is 16.5. The van der Waals surface area contributed by atoms with Crippen molar-refractivity contribution >= 4 is 17.9 Å². The molecule has 38 heavy (non-hydrogen) atoms. The van der Waals surface area contributed by atoms with E-state index in [2.05, 4.69) is 28.1 Å². The molecule has 2 atom stereocenters. The zero-order valence-electron chi connectivity index (χ0n) is 22.7. The van der Waals surface area contributed by atoms with Crippen LogP contribution in [-0.4, -0.2) is 69.7 Å². The Morgan fingerprint density at radius 1 is 1.11 bits per heavy atom. The van der Waals surface area contributed by atoms with Gasteiger partial charge in [-0.25, -0.2) is 0 Å². The molecular weight excluding hydrogens is 480 g/mol. The standard InChI is InChI=1S/C30H40N4O4/c1-31-13-6-9-28-30(36)34(20-21-15-26(37-2)18-27(16-21)38-3)14-12-25(33-28)19-32-29(35)24-11-10-22-7-4-5-8-23(22)17-24/h4-5,7-8,15-18,25,28,31,33H,6,9-14,19-20H2,1-3H3,(H,32,35). The Labute approximate surface area is 225 Å². The first kappa shape index (κ1) is 27.7. The summed E-state index contributed by atoms with van der Waals surface area (Å²) in [5, 5.41) is 9.86. The quantitative estimate of drug-likeness (QED) is 0.395. The number of rotatable bonds is 11. The van der Waals surface area contributed by atoms with Crippen molar-refractivity contribution in [2.24, 2.45) is 0 Å². The Hall–Kier alpha value is -3.36. The maximum atomic E-state index is 13.6. The molecule has 1 saturated heterocycles. The van der Waals surface area contributed by atoms with E-state index in [1.807, 2.05) is 48.4 Å². The largest absolute Gasteiger partial charge is 0.497 e. The van der Waals surface area contributed by atoms with Crippen LogP contribution in [0.3, 0.4) is 0 Å². The van der Waals surface area contributed by atoms with Crippen molar-refractivity contribution in [1.82, 2.24) is 20.9 Å². The molecule has 0 spiro atoms. The first-order valence-electron chi connectivity index (χ1n) is 13.5. The minimum Gasteiger partial charge on any atom is -0.497 e. The zero-order valence-corrected chi connectivity index (χ0v) is 22.7. The summed E-state index contributed by atoms with van der Waals surface area (Å²) in [4.78, 5) is 28.5. The van der Waals surface area contributed by atoms with Crippen molar-refractivity contribution in [3.05, 3.63) is 64.7 Å². The number of nitrogens with zero attached hydrogens (tertiary/aromatic N) is 1. The average molecular weight is 521 g/mol. The van der Waals surface area contributed by atoms with Crippen LogP contribution in [0.2, 0.25) is 0 Å². The predicted octanol–water partition coefficient (Wildman–Crippen LogP) is 2.91. The van der Waals surface area contributed by atoms with E-state index in [4.69, 9.17) is 9.47 Å². The van der Waals surface area contributed by atoms with Crippen LogP contribution in [0.15, 0.2) is 48.0 Å². The Bertz CT molecular complexity index is 1130. The third-order valence-electron chi connectivity index (χ3n) is 7.35. The molecule has 0 radical (unpaired) electrons. The molecule has 204 valence electrons. The van der Waals surface area contributed by atoms with Crippen molar-refractivity contribution in [1.29, 1.82) is 0 Å². The summed E-state index contributed by atoms with van der Waals surface area (Å²) in [5.74, 6) is 1.46. The monoisotopic (exact) mass is 520 g/mol. The molecule has 0 saturated carbocycles. The number of fused-ring (bicyclic) bond motifs is 1. The van der Waals surface area contributed by atoms with E-state index in [1.54, 1.807) is 14.2 Å². The van der Waals surface area contributed by atoms with E-state index in [0.717, 1.165) is 55.3 Å². The lowest BCUT2D eigenvalue weighted by Gasteiger charge is -2.25. The van der Waals surface area contributed by atoms with Crippen LogP contribution in [-0.2, 0) is 22.6 Å². The molecule has 1 aliphatic heterocycles. The van der Waals surface area contributed by atoms with Gasteiger partial charge in [-0.1, -0.05) is 24.3 Å². The molecule has 2 aromatic carbocycles. The number of carbonyl (C=O) groups excluding carboxylic acids is 2. The van der Waals surface area contributed by atoms with Crippen LogP contribution < -0.4 is 25.4 Å². The van der Waals surface area contributed by atoms with Gasteiger partial charge in [-0.15, -0.1) is 0 Å². The lowest BCUT2D eigenvalue weighted by molar-refractivity contribution is -0.133. The Morgan fingerprint density at radius 2 is 1.87 bits per heavy atom. The summed E-state index contributed by atoms with van der Waals surface area (Å²) in [7, 11) is 5.16. The van der Waals surface area contributed by atoms with Gasteiger partial charge in [-0.2, -0.15) is 0 Å². The number of aryl methyl sites for hydroxylation is 1. The molecule has 3 N–H and O–H groups in total. The van der Waals surface area contributed by atoms with Gasteiger partial charge in [0.1, 0.15) is 11.5 Å². The van der Waals surface area contributed by atoms with E-state index in [-0.39, 0.29) is 23.9 Å². The lowest BCUT2D eigenvalue weighted by atomic mass is 9.92. The number of hydrogen-bond donors (Lipinski definition) is 3. The van der Waals surface area contributed by atoms with Crippen LogP contribution in [0, 0.1) is 0 Å². The second kappa shape index (κ2) is 13.4. The van der Waals surface area contributed by atoms with Crippen LogP contribution in [0.1, 0.15) is 42.4 Å². The fourth-order valence-electron chi connectivity index (χ4n) is 5.21. The zero-order chi connectivity index (χ0) is 26.9. The second-order valence-corrected chi connectivity index (χ2v) is 10.0. The van der Waals surface area contributed by atoms with Gasteiger partial charge >= 0.3 is 0 Å². The number of hydrogen-bond acceptors (Lipinski definition) is 6. The lowest BCUT2D eigenvalue weighted by Crippen LogP contribution is -2.49. The first-order valence-corrected chi connectivity index (χ1v) is 13.5. The van der Waals surface area contributed by atoms with Gasteiger partial charge in [0.25, 0.3) is 0 Å². The SMILES string of the molecule is CNCCCC1NC(CNC(=O)C2=Cc3ccccc3CC2)CCN(Cc2cc(OC)cc(OC)c2)C1=O. The summed E-state index contributed by atoms with van der Waals surface area (Å²) >= 11 is 0. The second-order valence-electron chi connectivity index (χ2n) is 10.0. The van der Waals surface area contributed by atoms with Gasteiger partial charge in [-0.3, -0.25) is 9.59 Å². The van der Waals surface area contributed by atoms with Gasteiger partial charge in [0, 0.05) is 37.3 Å². The normalized spacial score (nSPS) is 19.3. The minimum absolute atomic E-state index is 0.00353. The van der Waals surface area contributed by atoms with Gasteiger partial charge in [0.05, 0.1) is 20.3 Å². The van der Waals surface area contributed by atoms with E-state index in [1.165, 1.54) is 5.56 Å². The minimum atomic E-state index is -0.305. The molecule has 2 aromatic rings. The third kappa shape index (κ3) is 7.14. The summed E-state index contributed by atoms with van der Waals surface area (Å²) in [6.07, 6.45) is 5.98. The molecule has 8 heteroatoms. The summed E-state index contributed by atoms with van der Waals surface area (Å²) < 4.78 is 10.8. The predicted molar refractivity (Wildman–Crippen MR) is 149 cm³/mol. The van der Waals surface area contributed by atoms with Crippen LogP contribution in [0.4, 0.5) is 0 Å². The van der Waals surface area contributed by atoms with Crippen molar-refractivity contribution in [3.63, 3.8) is 0 Å². The highest BCUT2D eigenvalue weighted by Crippen LogP contribution is 2.25. The van der Waals surface area contributed by atoms with Gasteiger partial charge in [0.2, 0.25) is 11.8 Å². The van der Waals surface area contributed by atoms with E-state index in [0.29, 0.717) is 31.1 Å². The van der Waals surface area contributed by atoms with Gasteiger partial charge in [0.15, 0.2) is 0 Å². The highest BCUT2D eigenvalue weighted by Gasteiger charge is 2.31. The highest BCUT2D eigenvalue weighted by molar-refractivity contribution is 5.98. The Kier molecular flexibility index (Phi) is 9.79. The smallest absolute Gasteiger partial charge is 0.247 e. The number of amides is 2. The number of carbonyl (C=O) groups is 2. The van der Waals surface area contributed by atoms with E-state index >= 15 is 0 Å². The molecule has 1 aliphatic carbocycles. The fraction of sp³-hybridized carbons (Fsp3) is 0.467. The molecule has 0 bridgehead atoms. The maximum absolute atomic E-state index is 13.6. The summed E-state index contributed by atoms with van der Waals surface area (Å²) in [6, 6.07) is 13.6. The molecule has 8 nitrogen and oxygen atoms in total. The molecule has 2 aliphatic rings. The van der Waals surface area contributed by atoms with Gasteiger partial charge < -0.3 is 30.3 Å². The summed E-state index contributed by atoms with van der Waals surface area (Å²) in [5.41, 5.74) is 4.18. The number of ether oxygens (including phenoxy) is 2. The first-order chi connectivity index (χ1) is 18.5. The van der Waals surface area contributed by atoms with E-state index < -0.39 is 0 Å². The third-order valence-corrected chi connectivity index (χ3v) is 7.35. The summed E-state index contributed by atoms with van der Waals surface area (Å²) in [6.45, 7) is 2.40. The fourth-order valence-corrected chi connectivity index (χ4v) is 5.21. The number of benzene rings is 2. The van der Waals surface area contributed by atoms with Gasteiger partial charge in [-0.05, 0) is 80.6 Å². The maximum Gasteiger partial charge on any atom is 0.247 e. The topological polar surface area (TPSA) is 91.9 Å². The molecule has 2 amide bonds. The van der Waals surface area contributed by atoms with Crippen LogP contribution in [0.25, 0.3) is 6.08 Å².